The summed E-state index contributed by atoms with van der Waals surface area (Å²) >= 11 is 0. The Balaban J connectivity index is 1.45. The van der Waals surface area contributed by atoms with E-state index in [2.05, 4.69) is 24.8 Å². The number of aromatic nitrogens is 4. The van der Waals surface area contributed by atoms with Crippen molar-refractivity contribution in [2.75, 3.05) is 16.8 Å². The van der Waals surface area contributed by atoms with Gasteiger partial charge in [-0.3, -0.25) is 0 Å². The predicted molar refractivity (Wildman–Crippen MR) is 108 cm³/mol. The zero-order valence-electron chi connectivity index (χ0n) is 16.2. The predicted octanol–water partition coefficient (Wildman–Crippen LogP) is 2.27. The molecule has 0 bridgehead atoms. The first-order chi connectivity index (χ1) is 14.3. The third kappa shape index (κ3) is 3.10. The van der Waals surface area contributed by atoms with Gasteiger partial charge in [0.1, 0.15) is 0 Å². The van der Waals surface area contributed by atoms with E-state index in [1.807, 2.05) is 24.3 Å². The number of anilines is 3. The Morgan fingerprint density at radius 1 is 1.23 bits per heavy atom. The van der Waals surface area contributed by atoms with Crippen LogP contribution in [0.4, 0.5) is 21.8 Å². The van der Waals surface area contributed by atoms with Gasteiger partial charge in [-0.1, -0.05) is 0 Å². The zero-order chi connectivity index (χ0) is 21.1. The van der Waals surface area contributed by atoms with Gasteiger partial charge in [-0.15, -0.1) is 0 Å². The first-order valence-corrected chi connectivity index (χ1v) is 11.0. The van der Waals surface area contributed by atoms with Crippen molar-refractivity contribution in [1.82, 2.24) is 19.5 Å². The second kappa shape index (κ2) is 6.47. The minimum absolute atomic E-state index is 0.00208. The quantitative estimate of drug-likeness (QED) is 0.653. The molecule has 2 aromatic heterocycles. The number of sulfonamides is 1. The highest BCUT2D eigenvalue weighted by atomic mass is 32.2. The topological polar surface area (TPSA) is 119 Å². The maximum absolute atomic E-state index is 14.7. The molecule has 1 saturated carbocycles. The number of nitrogens with zero attached hydrogens (tertiary/aromatic N) is 5. The summed E-state index contributed by atoms with van der Waals surface area (Å²) in [5.74, 6) is -0.0634. The molecule has 3 heterocycles. The molecule has 1 aliphatic carbocycles. The Bertz CT molecular complexity index is 1220. The molecule has 5 rings (SSSR count). The van der Waals surface area contributed by atoms with Gasteiger partial charge >= 0.3 is 0 Å². The first kappa shape index (κ1) is 18.9. The lowest BCUT2D eigenvalue weighted by Crippen LogP contribution is -2.45. The molecule has 3 N–H and O–H groups in total. The molecule has 2 aliphatic rings. The summed E-state index contributed by atoms with van der Waals surface area (Å²) in [4.78, 5) is 14.7. The maximum atomic E-state index is 14.7. The van der Waals surface area contributed by atoms with Crippen LogP contribution >= 0.6 is 0 Å². The second-order valence-electron chi connectivity index (χ2n) is 7.78. The molecule has 0 saturated heterocycles. The van der Waals surface area contributed by atoms with Crippen molar-refractivity contribution in [3.8, 4) is 0 Å². The highest BCUT2D eigenvalue weighted by Crippen LogP contribution is 2.50. The van der Waals surface area contributed by atoms with Crippen LogP contribution in [-0.2, 0) is 15.6 Å². The summed E-state index contributed by atoms with van der Waals surface area (Å²) in [6, 6.07) is 5.77. The molecule has 30 heavy (non-hydrogen) atoms. The van der Waals surface area contributed by atoms with E-state index >= 15 is 0 Å². The number of rotatable bonds is 4. The van der Waals surface area contributed by atoms with E-state index in [4.69, 9.17) is 5.14 Å². The fourth-order valence-electron chi connectivity index (χ4n) is 3.98. The summed E-state index contributed by atoms with van der Waals surface area (Å²) < 4.78 is 39.7. The van der Waals surface area contributed by atoms with Crippen molar-refractivity contribution in [3.63, 3.8) is 0 Å². The van der Waals surface area contributed by atoms with Crippen LogP contribution in [0.1, 0.15) is 31.5 Å². The summed E-state index contributed by atoms with van der Waals surface area (Å²) in [5.41, 5.74) is 1.54. The summed E-state index contributed by atoms with van der Waals surface area (Å²) in [6.07, 6.45) is 6.86. The molecule has 1 atom stereocenters. The molecule has 11 heteroatoms. The van der Waals surface area contributed by atoms with Crippen molar-refractivity contribution in [2.45, 2.75) is 36.2 Å². The lowest BCUT2D eigenvalue weighted by atomic mass is 10.1. The number of primary sulfonamides is 1. The Morgan fingerprint density at radius 2 is 1.97 bits per heavy atom. The average molecular weight is 429 g/mol. The largest absolute Gasteiger partial charge is 0.343 e. The van der Waals surface area contributed by atoms with E-state index in [0.29, 0.717) is 12.2 Å². The zero-order valence-corrected chi connectivity index (χ0v) is 17.0. The van der Waals surface area contributed by atoms with Crippen LogP contribution in [0.5, 0.6) is 0 Å². The summed E-state index contributed by atoms with van der Waals surface area (Å²) in [7, 11) is -3.77. The normalized spacial score (nSPS) is 19.6. The molecular weight excluding hydrogens is 409 g/mol. The number of imidazole rings is 1. The van der Waals surface area contributed by atoms with Crippen molar-refractivity contribution < 1.29 is 12.8 Å². The number of hydrogen-bond donors (Lipinski definition) is 2. The van der Waals surface area contributed by atoms with Crippen LogP contribution in [0.25, 0.3) is 0 Å². The van der Waals surface area contributed by atoms with Gasteiger partial charge in [-0.25, -0.2) is 27.9 Å². The van der Waals surface area contributed by atoms with Gasteiger partial charge in [0.2, 0.25) is 16.0 Å². The molecule has 1 fully saturated rings. The molecule has 156 valence electrons. The van der Waals surface area contributed by atoms with E-state index < -0.39 is 15.8 Å². The fraction of sp³-hybridized carbons (Fsp3) is 0.316. The minimum atomic E-state index is -3.77. The third-order valence-corrected chi connectivity index (χ3v) is 6.73. The lowest BCUT2D eigenvalue weighted by Gasteiger charge is -2.40. The summed E-state index contributed by atoms with van der Waals surface area (Å²) in [6.45, 7) is 2.65. The second-order valence-corrected chi connectivity index (χ2v) is 9.34. The standard InChI is InChI=1S/C19H20FN7O2S/c1-12-16-9-22-11-27(16)19(6-7-19)10-26(12)17-15(20)8-23-18(25-17)24-13-2-4-14(5-3-13)30(21,28)29/h2-5,8-9,11-12H,6-7,10H2,1H3,(H2,21,28,29)(H,23,24,25)/t12-/m0/s1. The number of nitrogens with two attached hydrogens (primary N) is 1. The van der Waals surface area contributed by atoms with Gasteiger partial charge in [-0.2, -0.15) is 4.98 Å². The number of nitrogens with one attached hydrogen (secondary N) is 1. The van der Waals surface area contributed by atoms with Gasteiger partial charge in [0, 0.05) is 12.2 Å². The molecule has 1 spiro atoms. The van der Waals surface area contributed by atoms with E-state index in [9.17, 15) is 12.8 Å². The number of halogens is 1. The van der Waals surface area contributed by atoms with Crippen molar-refractivity contribution in [2.24, 2.45) is 5.14 Å². The maximum Gasteiger partial charge on any atom is 0.238 e. The Kier molecular flexibility index (Phi) is 4.09. The average Bonchev–Trinajstić information content (AvgIpc) is 3.29. The number of fused-ring (bicyclic) bond motifs is 2. The Morgan fingerprint density at radius 3 is 2.63 bits per heavy atom. The number of hydrogen-bond acceptors (Lipinski definition) is 7. The van der Waals surface area contributed by atoms with Crippen molar-refractivity contribution >= 4 is 27.5 Å². The SMILES string of the molecule is C[C@H]1c2cncn2C2(CC2)CN1c1nc(Nc2ccc(S(N)(=O)=O)cc2)ncc1F. The van der Waals surface area contributed by atoms with Crippen LogP contribution in [-0.4, -0.2) is 34.5 Å². The Hall–Kier alpha value is -3.05. The van der Waals surface area contributed by atoms with Crippen LogP contribution in [0.15, 0.2) is 47.9 Å². The fourth-order valence-corrected chi connectivity index (χ4v) is 4.49. The van der Waals surface area contributed by atoms with Crippen molar-refractivity contribution in [1.29, 1.82) is 0 Å². The monoisotopic (exact) mass is 429 g/mol. The van der Waals surface area contributed by atoms with E-state index in [1.54, 1.807) is 12.1 Å². The molecular formula is C19H20FN7O2S. The third-order valence-electron chi connectivity index (χ3n) is 5.80. The number of benzene rings is 1. The van der Waals surface area contributed by atoms with Crippen molar-refractivity contribution in [3.05, 3.63) is 54.5 Å². The van der Waals surface area contributed by atoms with E-state index in [-0.39, 0.29) is 28.2 Å². The molecule has 0 amide bonds. The molecule has 1 aromatic carbocycles. The van der Waals surface area contributed by atoms with Gasteiger partial charge in [0.15, 0.2) is 11.6 Å². The highest BCUT2D eigenvalue weighted by molar-refractivity contribution is 7.89. The van der Waals surface area contributed by atoms with Gasteiger partial charge in [0.05, 0.1) is 40.9 Å². The first-order valence-electron chi connectivity index (χ1n) is 9.49. The van der Waals surface area contributed by atoms with Crippen LogP contribution in [0.3, 0.4) is 0 Å². The van der Waals surface area contributed by atoms with Crippen LogP contribution in [0, 0.1) is 5.82 Å². The Labute approximate surface area is 172 Å². The molecule has 0 unspecified atom stereocenters. The van der Waals surface area contributed by atoms with E-state index in [1.165, 1.54) is 12.1 Å². The molecule has 3 aromatic rings. The lowest BCUT2D eigenvalue weighted by molar-refractivity contribution is 0.380. The molecule has 0 radical (unpaired) electrons. The van der Waals surface area contributed by atoms with Gasteiger partial charge in [0.25, 0.3) is 0 Å². The highest BCUT2D eigenvalue weighted by Gasteiger charge is 2.51. The van der Waals surface area contributed by atoms with Gasteiger partial charge < -0.3 is 14.8 Å². The smallest absolute Gasteiger partial charge is 0.238 e. The molecule has 1 aliphatic heterocycles. The summed E-state index contributed by atoms with van der Waals surface area (Å²) in [5, 5.41) is 8.10. The van der Waals surface area contributed by atoms with E-state index in [0.717, 1.165) is 24.7 Å². The van der Waals surface area contributed by atoms with Crippen LogP contribution < -0.4 is 15.4 Å². The van der Waals surface area contributed by atoms with Crippen LogP contribution in [0.2, 0.25) is 0 Å². The van der Waals surface area contributed by atoms with Gasteiger partial charge in [-0.05, 0) is 44.0 Å². The molecule has 9 nitrogen and oxygen atoms in total. The minimum Gasteiger partial charge on any atom is -0.343 e.